The Morgan fingerprint density at radius 3 is 2.69 bits per heavy atom. The van der Waals surface area contributed by atoms with Gasteiger partial charge in [0, 0.05) is 42.4 Å². The van der Waals surface area contributed by atoms with E-state index in [-0.39, 0.29) is 5.91 Å². The molecular weight excluding hydrogens is 396 g/mol. The average molecular weight is 421 g/mol. The Hall–Kier alpha value is -3.57. The molecule has 0 fully saturated rings. The molecule has 158 valence electrons. The van der Waals surface area contributed by atoms with Gasteiger partial charge in [0.2, 0.25) is 5.91 Å². The number of carbonyl (C=O) groups excluding carboxylic acids is 1. The van der Waals surface area contributed by atoms with E-state index in [0.717, 1.165) is 41.7 Å². The molecule has 0 saturated heterocycles. The van der Waals surface area contributed by atoms with Crippen LogP contribution in [0.5, 0.6) is 0 Å². The van der Waals surface area contributed by atoms with Crippen molar-refractivity contribution in [2.75, 3.05) is 11.9 Å². The Morgan fingerprint density at radius 2 is 1.81 bits per heavy atom. The molecule has 1 atom stereocenters. The first-order valence-corrected chi connectivity index (χ1v) is 11.1. The van der Waals surface area contributed by atoms with Gasteiger partial charge in [-0.3, -0.25) is 9.78 Å². The molecule has 1 aliphatic heterocycles. The van der Waals surface area contributed by atoms with Gasteiger partial charge in [-0.25, -0.2) is 4.98 Å². The van der Waals surface area contributed by atoms with E-state index in [4.69, 9.17) is 4.98 Å². The summed E-state index contributed by atoms with van der Waals surface area (Å²) >= 11 is 0. The molecule has 2 aliphatic rings. The van der Waals surface area contributed by atoms with Gasteiger partial charge in [0.1, 0.15) is 5.82 Å². The second kappa shape index (κ2) is 7.53. The quantitative estimate of drug-likeness (QED) is 0.480. The van der Waals surface area contributed by atoms with E-state index >= 15 is 0 Å². The lowest BCUT2D eigenvalue weighted by atomic mass is 9.79. The monoisotopic (exact) mass is 420 g/mol. The summed E-state index contributed by atoms with van der Waals surface area (Å²) in [6.45, 7) is 1.74. The number of rotatable bonds is 5. The molecule has 2 N–H and O–H groups in total. The molecule has 0 radical (unpaired) electrons. The lowest BCUT2D eigenvalue weighted by Gasteiger charge is -2.20. The number of hydrogen-bond donors (Lipinski definition) is 2. The Bertz CT molecular complexity index is 1330. The number of hydrogen-bond acceptors (Lipinski definition) is 4. The third-order valence-corrected chi connectivity index (χ3v) is 6.77. The predicted molar refractivity (Wildman–Crippen MR) is 126 cm³/mol. The Morgan fingerprint density at radius 1 is 0.969 bits per heavy atom. The summed E-state index contributed by atoms with van der Waals surface area (Å²) in [5, 5.41) is 7.61. The maximum Gasteiger partial charge on any atom is 0.237 e. The van der Waals surface area contributed by atoms with Gasteiger partial charge in [-0.1, -0.05) is 42.5 Å². The number of carbonyl (C=O) groups is 1. The van der Waals surface area contributed by atoms with Crippen LogP contribution in [-0.4, -0.2) is 22.4 Å². The van der Waals surface area contributed by atoms with Crippen molar-refractivity contribution in [1.82, 2.24) is 15.3 Å². The fourth-order valence-electron chi connectivity index (χ4n) is 5.12. The first kappa shape index (κ1) is 19.1. The third kappa shape index (κ3) is 3.17. The number of nitrogens with one attached hydrogen (secondary N) is 2. The number of anilines is 1. The minimum atomic E-state index is -0.534. The maximum absolute atomic E-state index is 12.9. The largest absolute Gasteiger partial charge is 0.312 e. The van der Waals surface area contributed by atoms with Crippen molar-refractivity contribution in [2.45, 2.75) is 31.2 Å². The van der Waals surface area contributed by atoms with Crippen molar-refractivity contribution in [2.24, 2.45) is 0 Å². The molecule has 5 nitrogen and oxygen atoms in total. The fourth-order valence-corrected chi connectivity index (χ4v) is 5.12. The summed E-state index contributed by atoms with van der Waals surface area (Å²) in [4.78, 5) is 22.2. The molecule has 0 unspecified atom stereocenters. The third-order valence-electron chi connectivity index (χ3n) is 6.77. The van der Waals surface area contributed by atoms with Crippen LogP contribution < -0.4 is 10.6 Å². The van der Waals surface area contributed by atoms with Crippen LogP contribution >= 0.6 is 0 Å². The molecule has 6 rings (SSSR count). The minimum absolute atomic E-state index is 0.0598. The van der Waals surface area contributed by atoms with Crippen LogP contribution in [-0.2, 0) is 36.0 Å². The van der Waals surface area contributed by atoms with E-state index < -0.39 is 5.41 Å². The van der Waals surface area contributed by atoms with Crippen LogP contribution in [0.15, 0.2) is 72.9 Å². The number of pyridine rings is 2. The van der Waals surface area contributed by atoms with E-state index in [1.165, 1.54) is 16.7 Å². The van der Waals surface area contributed by atoms with Gasteiger partial charge in [-0.2, -0.15) is 0 Å². The topological polar surface area (TPSA) is 66.9 Å². The van der Waals surface area contributed by atoms with Crippen molar-refractivity contribution in [1.29, 1.82) is 0 Å². The van der Waals surface area contributed by atoms with Gasteiger partial charge in [-0.05, 0) is 53.8 Å². The highest BCUT2D eigenvalue weighted by Gasteiger charge is 2.51. The summed E-state index contributed by atoms with van der Waals surface area (Å²) in [6, 6.07) is 23.1. The number of benzene rings is 2. The highest BCUT2D eigenvalue weighted by molar-refractivity contribution is 6.06. The van der Waals surface area contributed by atoms with Crippen molar-refractivity contribution in [3.05, 3.63) is 101 Å². The van der Waals surface area contributed by atoms with Crippen LogP contribution in [0.1, 0.15) is 27.9 Å². The summed E-state index contributed by atoms with van der Waals surface area (Å²) in [7, 11) is 0. The van der Waals surface area contributed by atoms with Crippen LogP contribution in [0.4, 0.5) is 5.82 Å². The molecule has 1 amide bonds. The minimum Gasteiger partial charge on any atom is -0.312 e. The van der Waals surface area contributed by atoms with E-state index in [0.29, 0.717) is 18.7 Å². The van der Waals surface area contributed by atoms with E-state index in [9.17, 15) is 4.79 Å². The first-order chi connectivity index (χ1) is 15.7. The number of nitrogens with zero attached hydrogens (tertiary/aromatic N) is 2. The van der Waals surface area contributed by atoms with Gasteiger partial charge in [-0.15, -0.1) is 0 Å². The molecule has 3 heterocycles. The second-order valence-corrected chi connectivity index (χ2v) is 8.82. The molecule has 1 spiro atoms. The van der Waals surface area contributed by atoms with Crippen LogP contribution in [0.25, 0.3) is 10.9 Å². The standard InChI is InChI=1S/C27H24N4O/c32-26-27(23-7-4-11-29-25(23)31-26)15-20-13-19-8-9-22(30-24(19)14-21(20)16-27)10-12-28-17-18-5-2-1-3-6-18/h1-9,11,13-14,28H,10,12,15-17H2,(H,29,31,32)/t27-/m0/s1. The lowest BCUT2D eigenvalue weighted by Crippen LogP contribution is -2.35. The average Bonchev–Trinajstić information content (AvgIpc) is 3.33. The molecule has 0 saturated carbocycles. The van der Waals surface area contributed by atoms with Crippen molar-refractivity contribution >= 4 is 22.6 Å². The number of amides is 1. The molecular formula is C27H24N4O. The van der Waals surface area contributed by atoms with Crippen molar-refractivity contribution < 1.29 is 4.79 Å². The fraction of sp³-hybridized carbons (Fsp3) is 0.222. The maximum atomic E-state index is 12.9. The molecule has 5 heteroatoms. The van der Waals surface area contributed by atoms with Gasteiger partial charge in [0.25, 0.3) is 0 Å². The highest BCUT2D eigenvalue weighted by Crippen LogP contribution is 2.47. The molecule has 4 aromatic rings. The Balaban J connectivity index is 1.21. The van der Waals surface area contributed by atoms with Crippen LogP contribution in [0, 0.1) is 0 Å². The van der Waals surface area contributed by atoms with Crippen molar-refractivity contribution in [3.8, 4) is 0 Å². The zero-order valence-corrected chi connectivity index (χ0v) is 17.8. The molecule has 32 heavy (non-hydrogen) atoms. The molecule has 2 aromatic carbocycles. The summed E-state index contributed by atoms with van der Waals surface area (Å²) in [6.07, 6.45) is 4.03. The molecule has 2 aromatic heterocycles. The zero-order chi connectivity index (χ0) is 21.5. The molecule has 0 bridgehead atoms. The zero-order valence-electron chi connectivity index (χ0n) is 17.8. The second-order valence-electron chi connectivity index (χ2n) is 8.82. The van der Waals surface area contributed by atoms with E-state index in [1.54, 1.807) is 6.20 Å². The van der Waals surface area contributed by atoms with Crippen molar-refractivity contribution in [3.63, 3.8) is 0 Å². The number of aromatic nitrogens is 2. The summed E-state index contributed by atoms with van der Waals surface area (Å²) in [5.74, 6) is 0.767. The Labute approximate surface area is 186 Å². The first-order valence-electron chi connectivity index (χ1n) is 11.1. The molecule has 1 aliphatic carbocycles. The van der Waals surface area contributed by atoms with Gasteiger partial charge in [0.15, 0.2) is 0 Å². The smallest absolute Gasteiger partial charge is 0.237 e. The highest BCUT2D eigenvalue weighted by atomic mass is 16.2. The van der Waals surface area contributed by atoms with E-state index in [1.807, 2.05) is 18.2 Å². The summed E-state index contributed by atoms with van der Waals surface area (Å²) < 4.78 is 0. The normalized spacial score (nSPS) is 18.7. The van der Waals surface area contributed by atoms with Gasteiger partial charge < -0.3 is 10.6 Å². The number of fused-ring (bicyclic) bond motifs is 4. The predicted octanol–water partition coefficient (Wildman–Crippen LogP) is 3.95. The Kier molecular flexibility index (Phi) is 4.51. The lowest BCUT2D eigenvalue weighted by molar-refractivity contribution is -0.120. The van der Waals surface area contributed by atoms with Gasteiger partial charge >= 0.3 is 0 Å². The van der Waals surface area contributed by atoms with Crippen LogP contribution in [0.2, 0.25) is 0 Å². The van der Waals surface area contributed by atoms with Gasteiger partial charge in [0.05, 0.1) is 10.9 Å². The van der Waals surface area contributed by atoms with Crippen LogP contribution in [0.3, 0.4) is 0 Å². The summed E-state index contributed by atoms with van der Waals surface area (Å²) in [5.41, 5.74) is 6.32. The van der Waals surface area contributed by atoms with E-state index in [2.05, 4.69) is 64.1 Å². The SMILES string of the molecule is O=C1Nc2ncccc2[C@@]12Cc1cc3ccc(CCNCc4ccccc4)nc3cc1C2.